The van der Waals surface area contributed by atoms with Crippen molar-refractivity contribution in [2.24, 2.45) is 0 Å². The van der Waals surface area contributed by atoms with Gasteiger partial charge in [0, 0.05) is 5.56 Å². The molecule has 1 amide bonds. The molecule has 2 rings (SSSR count). The Morgan fingerprint density at radius 2 is 2.09 bits per heavy atom. The maximum Gasteiger partial charge on any atom is 0.408 e. The molecule has 2 atom stereocenters. The molecule has 0 aliphatic carbocycles. The van der Waals surface area contributed by atoms with Crippen molar-refractivity contribution < 1.29 is 23.0 Å². The first-order valence-electron chi connectivity index (χ1n) is 7.01. The van der Waals surface area contributed by atoms with E-state index in [2.05, 4.69) is 5.32 Å². The van der Waals surface area contributed by atoms with Crippen LogP contribution < -0.4 is 5.32 Å². The molecule has 0 aromatic heterocycles. The Morgan fingerprint density at radius 1 is 1.36 bits per heavy atom. The molecule has 1 aliphatic heterocycles. The summed E-state index contributed by atoms with van der Waals surface area (Å²) in [5.41, 5.74) is -0.583. The second kappa shape index (κ2) is 6.34. The Kier molecular flexibility index (Phi) is 4.68. The van der Waals surface area contributed by atoms with Crippen LogP contribution in [-0.4, -0.2) is 17.7 Å². The summed E-state index contributed by atoms with van der Waals surface area (Å²) in [5, 5.41) is 2.64. The minimum atomic E-state index is -0.812. The highest BCUT2D eigenvalue weighted by atomic mass is 19.1. The van der Waals surface area contributed by atoms with Crippen LogP contribution in [0.2, 0.25) is 0 Å². The lowest BCUT2D eigenvalue weighted by Gasteiger charge is -2.31. The Balaban J connectivity index is 2.17. The van der Waals surface area contributed by atoms with Crippen LogP contribution in [0.4, 0.5) is 13.6 Å². The third-order valence-corrected chi connectivity index (χ3v) is 3.04. The summed E-state index contributed by atoms with van der Waals surface area (Å²) in [4.78, 5) is 11.9. The van der Waals surface area contributed by atoms with E-state index in [-0.39, 0.29) is 5.56 Å². The molecule has 0 spiro atoms. The van der Waals surface area contributed by atoms with Crippen LogP contribution in [0.3, 0.4) is 0 Å². The summed E-state index contributed by atoms with van der Waals surface area (Å²) in [6.07, 6.45) is 2.11. The largest absolute Gasteiger partial charge is 0.491 e. The van der Waals surface area contributed by atoms with Gasteiger partial charge in [-0.25, -0.2) is 13.6 Å². The van der Waals surface area contributed by atoms with Crippen molar-refractivity contribution in [3.63, 3.8) is 0 Å². The maximum atomic E-state index is 13.9. The van der Waals surface area contributed by atoms with Gasteiger partial charge in [-0.15, -0.1) is 0 Å². The van der Waals surface area contributed by atoms with E-state index in [1.165, 1.54) is 6.26 Å². The fourth-order valence-electron chi connectivity index (χ4n) is 2.18. The molecule has 22 heavy (non-hydrogen) atoms. The minimum Gasteiger partial charge on any atom is -0.491 e. The number of halogens is 2. The molecule has 4 nitrogen and oxygen atoms in total. The zero-order chi connectivity index (χ0) is 16.3. The van der Waals surface area contributed by atoms with E-state index in [4.69, 9.17) is 9.47 Å². The van der Waals surface area contributed by atoms with Crippen molar-refractivity contribution in [1.29, 1.82) is 0 Å². The number of amides is 1. The summed E-state index contributed by atoms with van der Waals surface area (Å²) in [5.74, 6) is -1.15. The molecule has 0 saturated heterocycles. The van der Waals surface area contributed by atoms with Crippen LogP contribution in [0.1, 0.15) is 38.9 Å². The van der Waals surface area contributed by atoms with Crippen LogP contribution in [0.15, 0.2) is 30.5 Å². The second-order valence-corrected chi connectivity index (χ2v) is 6.08. The van der Waals surface area contributed by atoms with Gasteiger partial charge in [0.25, 0.3) is 0 Å². The first kappa shape index (κ1) is 16.3. The van der Waals surface area contributed by atoms with Crippen LogP contribution in [0.25, 0.3) is 0 Å². The van der Waals surface area contributed by atoms with Crippen molar-refractivity contribution in [3.05, 3.63) is 47.7 Å². The average Bonchev–Trinajstić information content (AvgIpc) is 2.40. The minimum absolute atomic E-state index is 0.0606. The van der Waals surface area contributed by atoms with Gasteiger partial charge in [-0.05, 0) is 51.5 Å². The zero-order valence-electron chi connectivity index (χ0n) is 12.7. The fraction of sp³-hybridized carbons (Fsp3) is 0.438. The third kappa shape index (κ3) is 4.19. The lowest BCUT2D eigenvalue weighted by molar-refractivity contribution is 0.0368. The smallest absolute Gasteiger partial charge is 0.408 e. The third-order valence-electron chi connectivity index (χ3n) is 3.04. The predicted octanol–water partition coefficient (Wildman–Crippen LogP) is 3.83. The van der Waals surface area contributed by atoms with E-state index in [9.17, 15) is 13.6 Å². The van der Waals surface area contributed by atoms with Gasteiger partial charge < -0.3 is 14.8 Å². The Hall–Kier alpha value is -2.11. The highest BCUT2D eigenvalue weighted by molar-refractivity contribution is 5.68. The second-order valence-electron chi connectivity index (χ2n) is 6.08. The standard InChI is InChI=1S/C16H19F2NO3/c1-16(2,3)22-15(20)19-13-5-4-8-21-14(13)11-9-10(17)6-7-12(11)18/h4,6-9,13-14H,5H2,1-3H3,(H,19,20)/t13-,14-/m0/s1. The molecular formula is C16H19F2NO3. The fourth-order valence-corrected chi connectivity index (χ4v) is 2.18. The van der Waals surface area contributed by atoms with Gasteiger partial charge in [0.2, 0.25) is 0 Å². The number of hydrogen-bond donors (Lipinski definition) is 1. The SMILES string of the molecule is CC(C)(C)OC(=O)N[C@H]1CC=CO[C@H]1c1cc(F)ccc1F. The van der Waals surface area contributed by atoms with Crippen molar-refractivity contribution >= 4 is 6.09 Å². The number of rotatable bonds is 2. The van der Waals surface area contributed by atoms with Crippen LogP contribution in [-0.2, 0) is 9.47 Å². The monoisotopic (exact) mass is 311 g/mol. The Labute approximate surface area is 128 Å². The number of hydrogen-bond acceptors (Lipinski definition) is 3. The summed E-state index contributed by atoms with van der Waals surface area (Å²) in [6, 6.07) is 2.60. The highest BCUT2D eigenvalue weighted by Gasteiger charge is 2.31. The highest BCUT2D eigenvalue weighted by Crippen LogP contribution is 2.30. The molecule has 0 bridgehead atoms. The van der Waals surface area contributed by atoms with Crippen molar-refractivity contribution in [2.75, 3.05) is 0 Å². The van der Waals surface area contributed by atoms with E-state index in [0.717, 1.165) is 18.2 Å². The molecule has 0 radical (unpaired) electrons. The molecule has 1 aliphatic rings. The van der Waals surface area contributed by atoms with Gasteiger partial charge in [-0.3, -0.25) is 0 Å². The molecule has 1 N–H and O–H groups in total. The first-order chi connectivity index (χ1) is 10.3. The van der Waals surface area contributed by atoms with E-state index >= 15 is 0 Å². The Morgan fingerprint density at radius 3 is 2.77 bits per heavy atom. The van der Waals surface area contributed by atoms with Crippen LogP contribution in [0.5, 0.6) is 0 Å². The van der Waals surface area contributed by atoms with Crippen molar-refractivity contribution in [1.82, 2.24) is 5.32 Å². The van der Waals surface area contributed by atoms with Crippen LogP contribution >= 0.6 is 0 Å². The number of benzene rings is 1. The number of ether oxygens (including phenoxy) is 2. The summed E-state index contributed by atoms with van der Waals surface area (Å²) in [7, 11) is 0. The molecule has 0 fully saturated rings. The molecule has 120 valence electrons. The topological polar surface area (TPSA) is 47.6 Å². The quantitative estimate of drug-likeness (QED) is 0.903. The van der Waals surface area contributed by atoms with Gasteiger partial charge in [0.15, 0.2) is 0 Å². The van der Waals surface area contributed by atoms with Gasteiger partial charge >= 0.3 is 6.09 Å². The van der Waals surface area contributed by atoms with Gasteiger partial charge in [-0.2, -0.15) is 0 Å². The van der Waals surface area contributed by atoms with Gasteiger partial charge in [-0.1, -0.05) is 0 Å². The normalized spacial score (nSPS) is 21.1. The lowest BCUT2D eigenvalue weighted by atomic mass is 9.97. The number of carbonyl (C=O) groups is 1. The average molecular weight is 311 g/mol. The van der Waals surface area contributed by atoms with E-state index < -0.39 is 35.5 Å². The number of carbonyl (C=O) groups excluding carboxylic acids is 1. The predicted molar refractivity (Wildman–Crippen MR) is 77.1 cm³/mol. The number of nitrogens with one attached hydrogen (secondary N) is 1. The van der Waals surface area contributed by atoms with E-state index in [1.54, 1.807) is 26.8 Å². The van der Waals surface area contributed by atoms with E-state index in [1.807, 2.05) is 0 Å². The van der Waals surface area contributed by atoms with Gasteiger partial charge in [0.1, 0.15) is 23.3 Å². The molecule has 1 aromatic rings. The summed E-state index contributed by atoms with van der Waals surface area (Å²) >= 11 is 0. The molecular weight excluding hydrogens is 292 g/mol. The molecule has 0 unspecified atom stereocenters. The van der Waals surface area contributed by atoms with Crippen LogP contribution in [0, 0.1) is 11.6 Å². The molecule has 0 saturated carbocycles. The lowest BCUT2D eigenvalue weighted by Crippen LogP contribution is -2.43. The molecule has 6 heteroatoms. The first-order valence-corrected chi connectivity index (χ1v) is 7.01. The molecule has 1 heterocycles. The molecule has 1 aromatic carbocycles. The Bertz CT molecular complexity index is 581. The maximum absolute atomic E-state index is 13.9. The number of alkyl carbamates (subject to hydrolysis) is 1. The van der Waals surface area contributed by atoms with Crippen molar-refractivity contribution in [3.8, 4) is 0 Å². The summed E-state index contributed by atoms with van der Waals surface area (Å²) in [6.45, 7) is 5.23. The van der Waals surface area contributed by atoms with Gasteiger partial charge in [0.05, 0.1) is 12.3 Å². The summed E-state index contributed by atoms with van der Waals surface area (Å²) < 4.78 is 37.9. The van der Waals surface area contributed by atoms with E-state index in [0.29, 0.717) is 6.42 Å². The van der Waals surface area contributed by atoms with Crippen molar-refractivity contribution in [2.45, 2.75) is 44.9 Å². The zero-order valence-corrected chi connectivity index (χ0v) is 12.7.